The van der Waals surface area contributed by atoms with Crippen LogP contribution in [0.1, 0.15) is 79.1 Å². The maximum Gasteiger partial charge on any atom is 0.308 e. The Labute approximate surface area is 297 Å². The van der Waals surface area contributed by atoms with Crippen molar-refractivity contribution in [3.8, 4) is 17.2 Å². The number of carbonyl (C=O) groups is 3. The van der Waals surface area contributed by atoms with Gasteiger partial charge in [0.1, 0.15) is 23.4 Å². The van der Waals surface area contributed by atoms with E-state index in [1.54, 1.807) is 54.6 Å². The van der Waals surface area contributed by atoms with Gasteiger partial charge < -0.3 is 50.0 Å². The number of esters is 1. The van der Waals surface area contributed by atoms with Crippen molar-refractivity contribution < 1.29 is 64.3 Å². The van der Waals surface area contributed by atoms with Gasteiger partial charge >= 0.3 is 5.97 Å². The van der Waals surface area contributed by atoms with E-state index in [4.69, 9.17) is 14.2 Å². The molecule has 4 aromatic carbocycles. The van der Waals surface area contributed by atoms with Crippen molar-refractivity contribution in [2.24, 2.45) is 0 Å². The second kappa shape index (κ2) is 14.4. The fourth-order valence-electron chi connectivity index (χ4n) is 6.47. The van der Waals surface area contributed by atoms with E-state index in [0.29, 0.717) is 16.7 Å². The summed E-state index contributed by atoms with van der Waals surface area (Å²) < 4.78 is 17.0. The molecule has 4 aromatic rings. The molecule has 0 radical (unpaired) electrons. The molecule has 13 heteroatoms. The first-order chi connectivity index (χ1) is 24.8. The van der Waals surface area contributed by atoms with Crippen LogP contribution in [0.2, 0.25) is 0 Å². The van der Waals surface area contributed by atoms with Gasteiger partial charge in [-0.2, -0.15) is 0 Å². The zero-order chi connectivity index (χ0) is 37.5. The molecule has 13 nitrogen and oxygen atoms in total. The average Bonchev–Trinajstić information content (AvgIpc) is 3.12. The smallest absolute Gasteiger partial charge is 0.308 e. The Balaban J connectivity index is 1.57. The number of phenols is 1. The van der Waals surface area contributed by atoms with E-state index in [1.807, 2.05) is 6.07 Å². The van der Waals surface area contributed by atoms with Crippen LogP contribution in [0.25, 0.3) is 12.2 Å². The van der Waals surface area contributed by atoms with Crippen LogP contribution >= 0.6 is 0 Å². The number of aliphatic hydroxyl groups is 6. The molecule has 6 rings (SSSR count). The van der Waals surface area contributed by atoms with Crippen LogP contribution in [0.5, 0.6) is 17.2 Å². The molecule has 7 N–H and O–H groups in total. The standard InChI is InChI=1S/C39H36O13/c1-19-36(46)39(48,49)37(47)38(50-19)52-29-16-27-32(33(43)26(29)14-22-9-6-10-23(13-22)17-40)35(45)30-24(18-41)15-28(51-20(2)42)25(31(30)34(27)44)12-11-21-7-4-3-5-8-21/h3-13,15-16,19,36-38,40-41,43,46-49H,14,17-18H2,1-2H3/t19-,36-,37+,38-/m1/s1. The maximum atomic E-state index is 14.6. The summed E-state index contributed by atoms with van der Waals surface area (Å²) in [6.07, 6.45) is -4.30. The van der Waals surface area contributed by atoms with Crippen molar-refractivity contribution in [2.45, 2.75) is 63.9 Å². The Hall–Kier alpha value is -5.25. The van der Waals surface area contributed by atoms with Crippen LogP contribution in [0.15, 0.2) is 66.7 Å². The van der Waals surface area contributed by atoms with E-state index in [1.165, 1.54) is 19.1 Å². The second-order valence-electron chi connectivity index (χ2n) is 12.6. The molecule has 1 aliphatic carbocycles. The number of hydrogen-bond acceptors (Lipinski definition) is 13. The lowest BCUT2D eigenvalue weighted by Crippen LogP contribution is -2.67. The van der Waals surface area contributed by atoms with Gasteiger partial charge in [0.25, 0.3) is 0 Å². The fourth-order valence-corrected chi connectivity index (χ4v) is 6.47. The van der Waals surface area contributed by atoms with Crippen LogP contribution in [-0.4, -0.2) is 83.7 Å². The fraction of sp³-hybridized carbons (Fsp3) is 0.256. The molecule has 0 unspecified atom stereocenters. The molecule has 0 amide bonds. The van der Waals surface area contributed by atoms with Crippen LogP contribution in [-0.2, 0) is 29.2 Å². The molecule has 1 saturated heterocycles. The van der Waals surface area contributed by atoms with E-state index in [0.717, 1.165) is 13.0 Å². The highest BCUT2D eigenvalue weighted by Crippen LogP contribution is 2.45. The van der Waals surface area contributed by atoms with Gasteiger partial charge in [0.15, 0.2) is 17.7 Å². The van der Waals surface area contributed by atoms with E-state index < -0.39 is 65.8 Å². The van der Waals surface area contributed by atoms with Crippen LogP contribution < -0.4 is 9.47 Å². The number of fused-ring (bicyclic) bond motifs is 2. The Morgan fingerprint density at radius 2 is 1.56 bits per heavy atom. The molecule has 0 saturated carbocycles. The Morgan fingerprint density at radius 1 is 0.846 bits per heavy atom. The lowest BCUT2D eigenvalue weighted by molar-refractivity contribution is -0.371. The summed E-state index contributed by atoms with van der Waals surface area (Å²) >= 11 is 0. The Kier molecular flexibility index (Phi) is 10.1. The Bertz CT molecular complexity index is 2090. The average molecular weight is 713 g/mol. The van der Waals surface area contributed by atoms with E-state index in [2.05, 4.69) is 0 Å². The van der Waals surface area contributed by atoms with Crippen LogP contribution in [0, 0.1) is 0 Å². The normalized spacial score (nSPS) is 20.8. The first-order valence-corrected chi connectivity index (χ1v) is 16.3. The van der Waals surface area contributed by atoms with E-state index in [-0.39, 0.29) is 57.9 Å². The molecule has 0 aromatic heterocycles. The minimum Gasteiger partial charge on any atom is -0.507 e. The summed E-state index contributed by atoms with van der Waals surface area (Å²) in [5, 5.41) is 74.0. The summed E-state index contributed by atoms with van der Waals surface area (Å²) in [4.78, 5) is 41.2. The number of ether oxygens (including phenoxy) is 3. The predicted octanol–water partition coefficient (Wildman–Crippen LogP) is 2.37. The van der Waals surface area contributed by atoms with Crippen molar-refractivity contribution in [1.82, 2.24) is 0 Å². The number of phenolic OH excluding ortho intramolecular Hbond substituents is 1. The van der Waals surface area contributed by atoms with Gasteiger partial charge in [-0.1, -0.05) is 60.7 Å². The SMILES string of the molecule is CC(=O)Oc1cc(CO)c2c(c1C=Cc1ccccc1)C(=O)c1cc(O[C@H]3O[C@H](C)[C@@H](O)C(O)(O)[C@H]3O)c(Cc3cccc(CO)c3)c(O)c1C2=O. The summed E-state index contributed by atoms with van der Waals surface area (Å²) in [6.45, 7) is 1.43. The molecular weight excluding hydrogens is 676 g/mol. The van der Waals surface area contributed by atoms with E-state index in [9.17, 15) is 50.1 Å². The van der Waals surface area contributed by atoms with Crippen molar-refractivity contribution in [2.75, 3.05) is 0 Å². The molecule has 4 atom stereocenters. The number of aliphatic hydroxyl groups excluding tert-OH is 4. The quantitative estimate of drug-likeness (QED) is 0.0506. The number of aromatic hydroxyl groups is 1. The van der Waals surface area contributed by atoms with Gasteiger partial charge in [0.05, 0.1) is 24.9 Å². The summed E-state index contributed by atoms with van der Waals surface area (Å²) in [6, 6.07) is 18.0. The van der Waals surface area contributed by atoms with Crippen LogP contribution in [0.4, 0.5) is 0 Å². The van der Waals surface area contributed by atoms with Crippen molar-refractivity contribution in [3.05, 3.63) is 122 Å². The lowest BCUT2D eigenvalue weighted by Gasteiger charge is -2.44. The summed E-state index contributed by atoms with van der Waals surface area (Å²) in [5.74, 6) is -6.54. The number of hydrogen-bond donors (Lipinski definition) is 7. The first-order valence-electron chi connectivity index (χ1n) is 16.3. The van der Waals surface area contributed by atoms with Crippen molar-refractivity contribution >= 4 is 29.7 Å². The molecule has 2 aliphatic rings. The number of carbonyl (C=O) groups excluding carboxylic acids is 3. The summed E-state index contributed by atoms with van der Waals surface area (Å²) in [7, 11) is 0. The van der Waals surface area contributed by atoms with Crippen molar-refractivity contribution in [1.29, 1.82) is 0 Å². The lowest BCUT2D eigenvalue weighted by atomic mass is 9.77. The highest BCUT2D eigenvalue weighted by molar-refractivity contribution is 6.31. The number of benzene rings is 4. The highest BCUT2D eigenvalue weighted by atomic mass is 16.7. The molecule has 270 valence electrons. The third-order valence-corrected chi connectivity index (χ3v) is 9.09. The van der Waals surface area contributed by atoms with Gasteiger partial charge in [-0.15, -0.1) is 0 Å². The highest BCUT2D eigenvalue weighted by Gasteiger charge is 2.54. The first kappa shape index (κ1) is 36.5. The molecule has 0 spiro atoms. The Morgan fingerprint density at radius 3 is 2.23 bits per heavy atom. The largest absolute Gasteiger partial charge is 0.507 e. The third-order valence-electron chi connectivity index (χ3n) is 9.09. The van der Waals surface area contributed by atoms with E-state index >= 15 is 0 Å². The summed E-state index contributed by atoms with van der Waals surface area (Å²) in [5.41, 5.74) is 0.487. The zero-order valence-electron chi connectivity index (χ0n) is 28.0. The number of rotatable bonds is 9. The molecule has 52 heavy (non-hydrogen) atoms. The van der Waals surface area contributed by atoms with Crippen molar-refractivity contribution in [3.63, 3.8) is 0 Å². The minimum absolute atomic E-state index is 0.0429. The minimum atomic E-state index is -3.08. The van der Waals surface area contributed by atoms with Crippen LogP contribution in [0.3, 0.4) is 0 Å². The van der Waals surface area contributed by atoms with Gasteiger partial charge in [0.2, 0.25) is 12.1 Å². The van der Waals surface area contributed by atoms with Gasteiger partial charge in [-0.05, 0) is 47.4 Å². The zero-order valence-corrected chi connectivity index (χ0v) is 28.0. The molecule has 0 bridgehead atoms. The van der Waals surface area contributed by atoms with Gasteiger partial charge in [-0.25, -0.2) is 0 Å². The number of ketones is 2. The van der Waals surface area contributed by atoms with Gasteiger partial charge in [-0.3, -0.25) is 14.4 Å². The maximum absolute atomic E-state index is 14.6. The monoisotopic (exact) mass is 712 g/mol. The second-order valence-corrected chi connectivity index (χ2v) is 12.6. The molecule has 1 heterocycles. The third kappa shape index (κ3) is 6.62. The molecule has 1 fully saturated rings. The molecule has 1 aliphatic heterocycles. The predicted molar refractivity (Wildman–Crippen MR) is 183 cm³/mol. The molecular formula is C39H36O13. The van der Waals surface area contributed by atoms with Gasteiger partial charge in [0, 0.05) is 41.2 Å². The topological polar surface area (TPSA) is 221 Å².